The summed E-state index contributed by atoms with van der Waals surface area (Å²) in [4.78, 5) is 14.0. The molecule has 1 aromatic carbocycles. The molecule has 45 heavy (non-hydrogen) atoms. The van der Waals surface area contributed by atoms with Crippen molar-refractivity contribution < 1.29 is 48.1 Å². The van der Waals surface area contributed by atoms with Gasteiger partial charge in [0.15, 0.2) is 24.2 Å². The van der Waals surface area contributed by atoms with Gasteiger partial charge in [0, 0.05) is 0 Å². The summed E-state index contributed by atoms with van der Waals surface area (Å²) >= 11 is 0. The third kappa shape index (κ3) is 6.19. The van der Waals surface area contributed by atoms with E-state index >= 15 is 0 Å². The first-order valence-electron chi connectivity index (χ1n) is 15.4. The summed E-state index contributed by atoms with van der Waals surface area (Å²) in [5.74, 6) is -1.73. The lowest BCUT2D eigenvalue weighted by Crippen LogP contribution is -2.46. The van der Waals surface area contributed by atoms with Crippen LogP contribution in [0.25, 0.3) is 11.0 Å². The Kier molecular flexibility index (Phi) is 8.89. The van der Waals surface area contributed by atoms with Crippen molar-refractivity contribution in [1.29, 1.82) is 0 Å². The van der Waals surface area contributed by atoms with E-state index in [9.17, 15) is 15.0 Å². The number of aliphatic hydroxyl groups is 2. The summed E-state index contributed by atoms with van der Waals surface area (Å²) in [5, 5.41) is 23.0. The van der Waals surface area contributed by atoms with Crippen LogP contribution in [-0.2, 0) is 51.0 Å². The Bertz CT molecular complexity index is 1470. The van der Waals surface area contributed by atoms with E-state index in [0.29, 0.717) is 11.0 Å². The lowest BCUT2D eigenvalue weighted by molar-refractivity contribution is -0.229. The molecule has 4 aliphatic rings. The standard InChI is InChI=1S/C32H44N2O11/c1-8-12-38-24-22(40-28-26(24)42-31(4,5)44-28)20(35)15-33-18-11-10-17(3)14-19(18)34(30(33)37)16-21(36)23-25(39-13-9-2)27-29(41-23)45-32(6,7)43-27/h8-11,14,20-29,35-36H,1-2,12-13,15-16H2,3-7H3/t20-,21+,22+,23+,24-,25-,26+,27-,28-,29-/m1/s1. The highest BCUT2D eigenvalue weighted by molar-refractivity contribution is 5.77. The van der Waals surface area contributed by atoms with Gasteiger partial charge in [-0.05, 0) is 52.3 Å². The molecular formula is C32H44N2O11. The lowest BCUT2D eigenvalue weighted by atomic mass is 10.1. The summed E-state index contributed by atoms with van der Waals surface area (Å²) < 4.78 is 50.9. The van der Waals surface area contributed by atoms with Gasteiger partial charge in [-0.15, -0.1) is 13.2 Å². The van der Waals surface area contributed by atoms with Gasteiger partial charge in [-0.1, -0.05) is 18.2 Å². The summed E-state index contributed by atoms with van der Waals surface area (Å²) in [6.45, 7) is 16.7. The Balaban J connectivity index is 1.25. The van der Waals surface area contributed by atoms with Crippen LogP contribution in [-0.4, -0.2) is 106 Å². The summed E-state index contributed by atoms with van der Waals surface area (Å²) in [5.41, 5.74) is 1.69. The average molecular weight is 633 g/mol. The highest BCUT2D eigenvalue weighted by Gasteiger charge is 2.58. The highest BCUT2D eigenvalue weighted by Crippen LogP contribution is 2.41. The van der Waals surface area contributed by atoms with Crippen LogP contribution >= 0.6 is 0 Å². The molecule has 0 saturated carbocycles. The van der Waals surface area contributed by atoms with Gasteiger partial charge in [0.1, 0.15) is 48.8 Å². The normalized spacial score (nSPS) is 34.6. The van der Waals surface area contributed by atoms with Gasteiger partial charge in [-0.2, -0.15) is 0 Å². The number of hydrogen-bond donors (Lipinski definition) is 2. The van der Waals surface area contributed by atoms with Crippen LogP contribution in [0.15, 0.2) is 48.3 Å². The van der Waals surface area contributed by atoms with Crippen molar-refractivity contribution in [2.24, 2.45) is 0 Å². The molecule has 4 saturated heterocycles. The molecule has 5 heterocycles. The summed E-state index contributed by atoms with van der Waals surface area (Å²) in [6, 6.07) is 5.58. The van der Waals surface area contributed by atoms with Crippen molar-refractivity contribution in [3.05, 3.63) is 59.6 Å². The number of ether oxygens (including phenoxy) is 8. The van der Waals surface area contributed by atoms with Gasteiger partial charge < -0.3 is 48.1 Å². The Labute approximate surface area is 261 Å². The Morgan fingerprint density at radius 3 is 1.76 bits per heavy atom. The molecule has 248 valence electrons. The van der Waals surface area contributed by atoms with Crippen molar-refractivity contribution in [2.45, 2.75) is 121 Å². The van der Waals surface area contributed by atoms with Crippen LogP contribution < -0.4 is 5.69 Å². The number of rotatable bonds is 12. The molecule has 4 aliphatic heterocycles. The maximum atomic E-state index is 14.0. The second-order valence-corrected chi connectivity index (χ2v) is 12.9. The Morgan fingerprint density at radius 1 is 0.822 bits per heavy atom. The lowest BCUT2D eigenvalue weighted by Gasteiger charge is -2.28. The molecule has 2 aromatic rings. The molecule has 13 heteroatoms. The zero-order chi connectivity index (χ0) is 32.3. The van der Waals surface area contributed by atoms with Gasteiger partial charge in [-0.3, -0.25) is 9.13 Å². The highest BCUT2D eigenvalue weighted by atomic mass is 16.9. The molecule has 0 aliphatic carbocycles. The van der Waals surface area contributed by atoms with Crippen LogP contribution in [0.4, 0.5) is 0 Å². The molecule has 13 nitrogen and oxygen atoms in total. The van der Waals surface area contributed by atoms with E-state index in [1.165, 1.54) is 9.13 Å². The molecule has 6 rings (SSSR count). The van der Waals surface area contributed by atoms with Crippen LogP contribution in [0.5, 0.6) is 0 Å². The topological polar surface area (TPSA) is 141 Å². The zero-order valence-corrected chi connectivity index (χ0v) is 26.4. The number of aryl methyl sites for hydroxylation is 1. The first-order valence-corrected chi connectivity index (χ1v) is 15.4. The Hall–Kier alpha value is -2.43. The van der Waals surface area contributed by atoms with Crippen molar-refractivity contribution in [3.63, 3.8) is 0 Å². The fraction of sp³-hybridized carbons (Fsp3) is 0.656. The molecule has 2 N–H and O–H groups in total. The average Bonchev–Trinajstić information content (AvgIpc) is 3.70. The predicted molar refractivity (Wildman–Crippen MR) is 160 cm³/mol. The van der Waals surface area contributed by atoms with Crippen LogP contribution in [0.1, 0.15) is 33.3 Å². The quantitative estimate of drug-likeness (QED) is 0.331. The number of nitrogens with zero attached hydrogens (tertiary/aromatic N) is 2. The van der Waals surface area contributed by atoms with E-state index in [0.717, 1.165) is 5.56 Å². The first-order chi connectivity index (χ1) is 21.3. The summed E-state index contributed by atoms with van der Waals surface area (Å²) in [7, 11) is 0. The van der Waals surface area contributed by atoms with Crippen LogP contribution in [0, 0.1) is 6.92 Å². The molecule has 4 fully saturated rings. The molecule has 0 spiro atoms. The maximum absolute atomic E-state index is 14.0. The van der Waals surface area contributed by atoms with E-state index < -0.39 is 78.7 Å². The fourth-order valence-electron chi connectivity index (χ4n) is 6.73. The monoisotopic (exact) mass is 632 g/mol. The first kappa shape index (κ1) is 32.5. The summed E-state index contributed by atoms with van der Waals surface area (Å²) in [6.07, 6.45) is -4.66. The van der Waals surface area contributed by atoms with Crippen molar-refractivity contribution >= 4 is 11.0 Å². The van der Waals surface area contributed by atoms with E-state index in [1.54, 1.807) is 39.8 Å². The number of hydrogen-bond acceptors (Lipinski definition) is 11. The SMILES string of the molecule is C=CCO[C@@H]1[C@H]([C@@H](O)Cn2c(=O)n(C[C@@H](O)[C@@H]3O[C@@H]4OC(C)(C)O[C@H]4[C@@H]3OCC=C)c3ccc(C)cc32)O[C@@H]2OC(C)(C)O[C@@H]21. The minimum absolute atomic E-state index is 0.102. The van der Waals surface area contributed by atoms with E-state index in [-0.39, 0.29) is 26.3 Å². The molecule has 0 radical (unpaired) electrons. The van der Waals surface area contributed by atoms with E-state index in [1.807, 2.05) is 25.1 Å². The Morgan fingerprint density at radius 2 is 1.29 bits per heavy atom. The van der Waals surface area contributed by atoms with Gasteiger partial charge in [-0.25, -0.2) is 4.79 Å². The van der Waals surface area contributed by atoms with Crippen molar-refractivity contribution in [2.75, 3.05) is 13.2 Å². The largest absolute Gasteiger partial charge is 0.388 e. The number of fused-ring (bicyclic) bond motifs is 3. The smallest absolute Gasteiger partial charge is 0.329 e. The van der Waals surface area contributed by atoms with Crippen molar-refractivity contribution in [3.8, 4) is 0 Å². The predicted octanol–water partition coefficient (Wildman–Crippen LogP) is 1.73. The van der Waals surface area contributed by atoms with Gasteiger partial charge in [0.05, 0.1) is 37.3 Å². The zero-order valence-electron chi connectivity index (χ0n) is 26.4. The third-order valence-electron chi connectivity index (χ3n) is 8.54. The molecule has 0 unspecified atom stereocenters. The number of imidazole rings is 1. The molecule has 0 amide bonds. The third-order valence-corrected chi connectivity index (χ3v) is 8.54. The van der Waals surface area contributed by atoms with Gasteiger partial charge in [0.25, 0.3) is 0 Å². The molecule has 1 aromatic heterocycles. The minimum atomic E-state index is -1.16. The number of aliphatic hydroxyl groups excluding tert-OH is 2. The number of aromatic nitrogens is 2. The van der Waals surface area contributed by atoms with E-state index in [2.05, 4.69) is 13.2 Å². The fourth-order valence-corrected chi connectivity index (χ4v) is 6.73. The van der Waals surface area contributed by atoms with E-state index in [4.69, 9.17) is 37.9 Å². The molecule has 10 atom stereocenters. The van der Waals surface area contributed by atoms with Crippen LogP contribution in [0.3, 0.4) is 0 Å². The molecule has 0 bridgehead atoms. The minimum Gasteiger partial charge on any atom is -0.388 e. The van der Waals surface area contributed by atoms with Crippen LogP contribution in [0.2, 0.25) is 0 Å². The molecular weight excluding hydrogens is 588 g/mol. The number of benzene rings is 1. The van der Waals surface area contributed by atoms with Crippen molar-refractivity contribution in [1.82, 2.24) is 9.13 Å². The van der Waals surface area contributed by atoms with Gasteiger partial charge in [0.2, 0.25) is 0 Å². The van der Waals surface area contributed by atoms with Gasteiger partial charge >= 0.3 is 5.69 Å². The second-order valence-electron chi connectivity index (χ2n) is 12.9. The maximum Gasteiger partial charge on any atom is 0.329 e. The second kappa shape index (κ2) is 12.3.